The maximum Gasteiger partial charge on any atom is 0 e. The Hall–Kier alpha value is 3.86. The van der Waals surface area contributed by atoms with Crippen molar-refractivity contribution in [3.8, 4) is 0 Å². The molecule has 0 unspecified atom stereocenters. The molecule has 0 aliphatic rings. The summed E-state index contributed by atoms with van der Waals surface area (Å²) in [6, 6.07) is 0. The Balaban J connectivity index is 0. The molecule has 0 saturated carbocycles. The summed E-state index contributed by atoms with van der Waals surface area (Å²) in [6.07, 6.45) is 0. The summed E-state index contributed by atoms with van der Waals surface area (Å²) in [6.45, 7) is 0. The van der Waals surface area contributed by atoms with Crippen LogP contribution in [0, 0.1) is 0 Å². The number of hydrogen-bond donors (Lipinski definition) is 0. The van der Waals surface area contributed by atoms with Gasteiger partial charge in [0.25, 0.3) is 0 Å². The van der Waals surface area contributed by atoms with Crippen LogP contribution in [-0.2, 0) is 158 Å². The number of rotatable bonds is 0. The quantitative estimate of drug-likeness (QED) is 0.161. The zero-order chi connectivity index (χ0) is 0. The van der Waals surface area contributed by atoms with Gasteiger partial charge >= 0.3 is 0 Å². The second-order valence-electron chi connectivity index (χ2n) is 0. The zero-order valence-electron chi connectivity index (χ0n) is 15.0. The van der Waals surface area contributed by atoms with Crippen LogP contribution < -0.4 is 0 Å². The van der Waals surface area contributed by atoms with Gasteiger partial charge in [-0.1, -0.05) is 0 Å². The average Bonchev–Trinajstić information content (AvgIpc) is 0. The molecule has 0 bridgehead atoms. The number of hydrogen-bond acceptors (Lipinski definition) is 0. The van der Waals surface area contributed by atoms with E-state index < -0.39 is 0 Å². The molecule has 31 heteroatoms. The molecule has 0 amide bonds. The van der Waals surface area contributed by atoms with Crippen molar-refractivity contribution >= 4 is 0 Å². The first-order valence-electron chi connectivity index (χ1n) is 0. The van der Waals surface area contributed by atoms with E-state index in [0.717, 1.165) is 0 Å². The smallest absolute Gasteiger partial charge is 0 e. The Morgan fingerprint density at radius 3 is 0.0968 bits per heavy atom. The zero-order valence-corrected chi connectivity index (χ0v) is 29.1. The van der Waals surface area contributed by atoms with E-state index in [9.17, 15) is 0 Å². The molecule has 0 aliphatic carbocycles. The molecular weight excluding hydrogens is 1060 g/mol. The van der Waals surface area contributed by atoms with Crippen molar-refractivity contribution in [3.63, 3.8) is 0 Å². The second-order valence-corrected chi connectivity index (χ2v) is 0. The Morgan fingerprint density at radius 2 is 0.0968 bits per heavy atom. The van der Waals surface area contributed by atoms with Crippen molar-refractivity contribution in [3.05, 3.63) is 0 Å². The fourth-order valence-corrected chi connectivity index (χ4v) is 0. The molecule has 0 aliphatic heterocycles. The fraction of sp³-hybridized carbons (Fsp3) is 0. The third-order valence-corrected chi connectivity index (χ3v) is 0. The molecule has 50 N–H and O–H groups in total. The van der Waals surface area contributed by atoms with Crippen LogP contribution in [0.15, 0.2) is 0 Å². The third-order valence-electron chi connectivity index (χ3n) is 0. The van der Waals surface area contributed by atoms with E-state index in [1.54, 1.807) is 0 Å². The van der Waals surface area contributed by atoms with E-state index >= 15 is 0 Å². The summed E-state index contributed by atoms with van der Waals surface area (Å²) in [4.78, 5) is 0. The van der Waals surface area contributed by atoms with Crippen LogP contribution in [0.2, 0.25) is 0 Å². The molecule has 31 heavy (non-hydrogen) atoms. The summed E-state index contributed by atoms with van der Waals surface area (Å²) in [5.74, 6) is 0. The van der Waals surface area contributed by atoms with Gasteiger partial charge in [-0.25, -0.2) is 0 Å². The summed E-state index contributed by atoms with van der Waals surface area (Å²) < 4.78 is 0. The molecule has 0 radical (unpaired) electrons. The monoisotopic (exact) mass is 1120 g/mol. The summed E-state index contributed by atoms with van der Waals surface area (Å²) in [5.41, 5.74) is 0. The van der Waals surface area contributed by atoms with Crippen molar-refractivity contribution in [1.29, 1.82) is 0 Å². The van der Waals surface area contributed by atoms with Gasteiger partial charge in [-0.3, -0.25) is 0 Å². The molecule has 0 fully saturated rings. The van der Waals surface area contributed by atoms with E-state index in [4.69, 9.17) is 0 Å². The molecule has 0 spiro atoms. The van der Waals surface area contributed by atoms with Gasteiger partial charge in [0.2, 0.25) is 0 Å². The molecule has 0 atom stereocenters. The molecule has 0 aromatic rings. The molecular formula is H50Mo7O24+2. The summed E-state index contributed by atoms with van der Waals surface area (Å²) in [5, 5.41) is 0. The Labute approximate surface area is 276 Å². The molecule has 0 heterocycles. The van der Waals surface area contributed by atoms with Crippen molar-refractivity contribution in [2.45, 2.75) is 0 Å². The van der Waals surface area contributed by atoms with Gasteiger partial charge in [0.15, 0.2) is 0 Å². The van der Waals surface area contributed by atoms with Crippen molar-refractivity contribution in [2.75, 3.05) is 0 Å². The summed E-state index contributed by atoms with van der Waals surface area (Å²) >= 11 is 0. The van der Waals surface area contributed by atoms with Crippen LogP contribution >= 0.6 is 0 Å². The standard InChI is InChI=1S/7Mo.24H2O/h;;;;;;;24*1H2/p+2. The van der Waals surface area contributed by atoms with Crippen molar-refractivity contribution < 1.29 is 279 Å². The Kier molecular flexibility index (Phi) is 213000. The Morgan fingerprint density at radius 1 is 0.0968 bits per heavy atom. The van der Waals surface area contributed by atoms with Crippen molar-refractivity contribution in [2.24, 2.45) is 0 Å². The normalized spacial score (nSPS) is 0. The van der Waals surface area contributed by atoms with E-state index in [2.05, 4.69) is 0 Å². The van der Waals surface area contributed by atoms with Crippen LogP contribution in [0.1, 0.15) is 0 Å². The van der Waals surface area contributed by atoms with E-state index in [0.29, 0.717) is 0 Å². The minimum Gasteiger partial charge on any atom is -0.457 e. The molecule has 24 nitrogen and oxygen atoms in total. The molecule has 0 aromatic carbocycles. The second kappa shape index (κ2) is 2460. The van der Waals surface area contributed by atoms with E-state index in [1.807, 2.05) is 0 Å². The molecule has 0 saturated heterocycles. The average molecular weight is 1110 g/mol. The van der Waals surface area contributed by atoms with Gasteiger partial charge in [0.1, 0.15) is 0 Å². The first kappa shape index (κ1) is 2680. The maximum atomic E-state index is 0. The molecule has 234 valence electrons. The largest absolute Gasteiger partial charge is 0.457 e. The van der Waals surface area contributed by atoms with Gasteiger partial charge in [0.05, 0.1) is 0 Å². The van der Waals surface area contributed by atoms with E-state index in [1.165, 1.54) is 0 Å². The minimum absolute atomic E-state index is 0. The van der Waals surface area contributed by atoms with Gasteiger partial charge in [-0.15, -0.1) is 0 Å². The van der Waals surface area contributed by atoms with Crippen molar-refractivity contribution in [1.82, 2.24) is 0 Å². The SMILES string of the molecule is O.O.O.O.O.O.O.O.O.O.O.O.O.O.O.O.O.O.O.O.O.O.[Mo].[Mo].[Mo].[Mo].[Mo].[Mo].[Mo].[OH3+].[OH3+]. The first-order valence-corrected chi connectivity index (χ1v) is 0. The predicted molar refractivity (Wildman–Crippen MR) is 89.2 cm³/mol. The van der Waals surface area contributed by atoms with Crippen LogP contribution in [0.5, 0.6) is 0 Å². The maximum absolute atomic E-state index is 0. The van der Waals surface area contributed by atoms with Crippen LogP contribution in [-0.4, -0.2) is 120 Å². The van der Waals surface area contributed by atoms with Crippen LogP contribution in [0.4, 0.5) is 0 Å². The Bertz CT molecular complexity index is 23.9. The van der Waals surface area contributed by atoms with Gasteiger partial charge in [0, 0.05) is 147 Å². The predicted octanol–water partition coefficient (Wildman–Crippen LogP) is -20.0. The summed E-state index contributed by atoms with van der Waals surface area (Å²) in [7, 11) is 0. The van der Waals surface area contributed by atoms with Crippen LogP contribution in [0.25, 0.3) is 0 Å². The van der Waals surface area contributed by atoms with Gasteiger partial charge in [-0.2, -0.15) is 0 Å². The molecule has 0 aromatic heterocycles. The van der Waals surface area contributed by atoms with E-state index in [-0.39, 0.29) is 279 Å². The third kappa shape index (κ3) is 2310. The minimum atomic E-state index is 0. The fourth-order valence-electron chi connectivity index (χ4n) is 0. The van der Waals surface area contributed by atoms with Gasteiger partial charge in [-0.05, 0) is 0 Å². The molecule has 0 rings (SSSR count). The topological polar surface area (TPSA) is 759 Å². The first-order chi connectivity index (χ1) is 0. The van der Waals surface area contributed by atoms with Gasteiger partial charge < -0.3 is 131 Å². The van der Waals surface area contributed by atoms with Crippen LogP contribution in [0.3, 0.4) is 0 Å².